The molecule has 16 heavy (non-hydrogen) atoms. The first-order valence-electron chi connectivity index (χ1n) is 5.63. The van der Waals surface area contributed by atoms with Crippen molar-refractivity contribution < 1.29 is 14.6 Å². The highest BCUT2D eigenvalue weighted by molar-refractivity contribution is 5.94. The molecule has 2 rings (SSSR count). The third kappa shape index (κ3) is 2.11. The van der Waals surface area contributed by atoms with E-state index in [1.165, 1.54) is 5.57 Å². The minimum atomic E-state index is -0.190. The Labute approximate surface area is 95.1 Å². The number of aliphatic hydroxyl groups is 1. The summed E-state index contributed by atoms with van der Waals surface area (Å²) in [6.07, 6.45) is 0. The molecule has 1 atom stereocenters. The Balaban J connectivity index is 2.07. The molecule has 5 heteroatoms. The monoisotopic (exact) mass is 226 g/mol. The predicted octanol–water partition coefficient (Wildman–Crippen LogP) is -0.874. The Hall–Kier alpha value is -0.910. The molecule has 1 amide bonds. The molecule has 1 unspecified atom stereocenters. The lowest BCUT2D eigenvalue weighted by Crippen LogP contribution is -2.51. The molecule has 0 aromatic carbocycles. The third-order valence-electron chi connectivity index (χ3n) is 3.23. The molecule has 2 N–H and O–H groups in total. The van der Waals surface area contributed by atoms with Crippen molar-refractivity contribution in [2.24, 2.45) is 0 Å². The zero-order chi connectivity index (χ0) is 11.5. The number of aliphatic hydroxyl groups excluding tert-OH is 1. The van der Waals surface area contributed by atoms with Crippen LogP contribution >= 0.6 is 0 Å². The van der Waals surface area contributed by atoms with Crippen LogP contribution in [0.1, 0.15) is 6.92 Å². The summed E-state index contributed by atoms with van der Waals surface area (Å²) in [5.74, 6) is 0.0406. The maximum absolute atomic E-state index is 12.2. The average molecular weight is 226 g/mol. The number of nitrogens with one attached hydrogen (secondary N) is 1. The van der Waals surface area contributed by atoms with Crippen molar-refractivity contribution in [3.8, 4) is 0 Å². The van der Waals surface area contributed by atoms with Gasteiger partial charge >= 0.3 is 0 Å². The molecule has 0 spiro atoms. The van der Waals surface area contributed by atoms with Gasteiger partial charge in [-0.1, -0.05) is 0 Å². The van der Waals surface area contributed by atoms with Gasteiger partial charge in [-0.25, -0.2) is 0 Å². The van der Waals surface area contributed by atoms with Gasteiger partial charge in [0.05, 0.1) is 25.9 Å². The largest absolute Gasteiger partial charge is 0.394 e. The zero-order valence-corrected chi connectivity index (χ0v) is 9.53. The highest BCUT2D eigenvalue weighted by Crippen LogP contribution is 2.15. The standard InChI is InChI=1S/C11H18N2O3/c1-8(9-4-12-5-9)11(15)13-2-3-16-7-10(13)6-14/h10,12,14H,2-7H2,1H3. The highest BCUT2D eigenvalue weighted by Gasteiger charge is 2.29. The van der Waals surface area contributed by atoms with E-state index in [0.29, 0.717) is 19.8 Å². The van der Waals surface area contributed by atoms with Gasteiger partial charge in [-0.05, 0) is 12.5 Å². The van der Waals surface area contributed by atoms with Gasteiger partial charge in [-0.2, -0.15) is 0 Å². The number of rotatable bonds is 2. The minimum absolute atomic E-state index is 0.0351. The molecule has 5 nitrogen and oxygen atoms in total. The van der Waals surface area contributed by atoms with E-state index in [-0.39, 0.29) is 18.6 Å². The second-order valence-corrected chi connectivity index (χ2v) is 4.24. The van der Waals surface area contributed by atoms with Crippen molar-refractivity contribution in [2.75, 3.05) is 39.5 Å². The van der Waals surface area contributed by atoms with Gasteiger partial charge in [0, 0.05) is 25.2 Å². The van der Waals surface area contributed by atoms with Crippen LogP contribution in [0.4, 0.5) is 0 Å². The minimum Gasteiger partial charge on any atom is -0.394 e. The van der Waals surface area contributed by atoms with Crippen molar-refractivity contribution in [1.82, 2.24) is 10.2 Å². The number of carbonyl (C=O) groups is 1. The van der Waals surface area contributed by atoms with Gasteiger partial charge in [-0.15, -0.1) is 0 Å². The quantitative estimate of drug-likeness (QED) is 0.601. The Kier molecular flexibility index (Phi) is 3.58. The van der Waals surface area contributed by atoms with Crippen LogP contribution < -0.4 is 5.32 Å². The van der Waals surface area contributed by atoms with Gasteiger partial charge in [0.1, 0.15) is 0 Å². The number of amides is 1. The lowest BCUT2D eigenvalue weighted by molar-refractivity contribution is -0.137. The van der Waals surface area contributed by atoms with Crippen LogP contribution in [0.2, 0.25) is 0 Å². The van der Waals surface area contributed by atoms with E-state index >= 15 is 0 Å². The van der Waals surface area contributed by atoms with E-state index in [2.05, 4.69) is 5.32 Å². The second-order valence-electron chi connectivity index (χ2n) is 4.24. The third-order valence-corrected chi connectivity index (χ3v) is 3.23. The van der Waals surface area contributed by atoms with Crippen LogP contribution in [-0.4, -0.2) is 61.4 Å². The summed E-state index contributed by atoms with van der Waals surface area (Å²) in [5, 5.41) is 12.3. The number of carbonyl (C=O) groups excluding carboxylic acids is 1. The van der Waals surface area contributed by atoms with E-state index in [9.17, 15) is 9.90 Å². The van der Waals surface area contributed by atoms with Gasteiger partial charge in [0.15, 0.2) is 0 Å². The van der Waals surface area contributed by atoms with Crippen molar-refractivity contribution in [2.45, 2.75) is 13.0 Å². The van der Waals surface area contributed by atoms with E-state index in [1.807, 2.05) is 6.92 Å². The van der Waals surface area contributed by atoms with Crippen molar-refractivity contribution in [3.63, 3.8) is 0 Å². The Bertz CT molecular complexity index is 308. The molecule has 0 aromatic rings. The summed E-state index contributed by atoms with van der Waals surface area (Å²) in [7, 11) is 0. The maximum atomic E-state index is 12.2. The summed E-state index contributed by atoms with van der Waals surface area (Å²) in [6, 6.07) is -0.190. The van der Waals surface area contributed by atoms with Crippen molar-refractivity contribution >= 4 is 5.91 Å². The summed E-state index contributed by atoms with van der Waals surface area (Å²) in [6.45, 7) is 5.01. The molecule has 0 bridgehead atoms. The summed E-state index contributed by atoms with van der Waals surface area (Å²) in [4.78, 5) is 13.9. The van der Waals surface area contributed by atoms with Gasteiger partial charge < -0.3 is 20.1 Å². The Morgan fingerprint density at radius 1 is 1.62 bits per heavy atom. The second kappa shape index (κ2) is 4.95. The van der Waals surface area contributed by atoms with E-state index < -0.39 is 0 Å². The molecule has 2 aliphatic heterocycles. The summed E-state index contributed by atoms with van der Waals surface area (Å²) < 4.78 is 5.25. The lowest BCUT2D eigenvalue weighted by Gasteiger charge is -2.35. The fourth-order valence-electron chi connectivity index (χ4n) is 1.96. The molecule has 0 saturated carbocycles. The maximum Gasteiger partial charge on any atom is 0.250 e. The summed E-state index contributed by atoms with van der Waals surface area (Å²) in [5.41, 5.74) is 1.99. The Morgan fingerprint density at radius 3 is 2.94 bits per heavy atom. The van der Waals surface area contributed by atoms with Crippen molar-refractivity contribution in [1.29, 1.82) is 0 Å². The number of nitrogens with zero attached hydrogens (tertiary/aromatic N) is 1. The average Bonchev–Trinajstić information content (AvgIpc) is 2.25. The molecule has 0 aliphatic carbocycles. The van der Waals surface area contributed by atoms with Crippen LogP contribution in [0.3, 0.4) is 0 Å². The first-order valence-corrected chi connectivity index (χ1v) is 5.63. The number of hydrogen-bond donors (Lipinski definition) is 2. The molecule has 90 valence electrons. The van der Waals surface area contributed by atoms with Gasteiger partial charge in [0.2, 0.25) is 5.91 Å². The molecule has 0 aromatic heterocycles. The lowest BCUT2D eigenvalue weighted by atomic mass is 10.0. The fourth-order valence-corrected chi connectivity index (χ4v) is 1.96. The number of hydrogen-bond acceptors (Lipinski definition) is 4. The number of ether oxygens (including phenoxy) is 1. The predicted molar refractivity (Wildman–Crippen MR) is 59.0 cm³/mol. The first kappa shape index (κ1) is 11.6. The molecule has 2 aliphatic rings. The number of morpholine rings is 1. The van der Waals surface area contributed by atoms with Crippen LogP contribution in [0, 0.1) is 0 Å². The summed E-state index contributed by atoms with van der Waals surface area (Å²) >= 11 is 0. The van der Waals surface area contributed by atoms with E-state index in [1.54, 1.807) is 4.90 Å². The normalized spacial score (nSPS) is 25.2. The molecular weight excluding hydrogens is 208 g/mol. The fraction of sp³-hybridized carbons (Fsp3) is 0.727. The van der Waals surface area contributed by atoms with Crippen LogP contribution in [-0.2, 0) is 9.53 Å². The van der Waals surface area contributed by atoms with Crippen LogP contribution in [0.25, 0.3) is 0 Å². The zero-order valence-electron chi connectivity index (χ0n) is 9.53. The first-order chi connectivity index (χ1) is 7.74. The van der Waals surface area contributed by atoms with Gasteiger partial charge in [-0.3, -0.25) is 4.79 Å². The van der Waals surface area contributed by atoms with E-state index in [0.717, 1.165) is 18.7 Å². The van der Waals surface area contributed by atoms with Crippen LogP contribution in [0.5, 0.6) is 0 Å². The van der Waals surface area contributed by atoms with E-state index in [4.69, 9.17) is 4.74 Å². The molecule has 0 radical (unpaired) electrons. The van der Waals surface area contributed by atoms with Crippen LogP contribution in [0.15, 0.2) is 11.1 Å². The highest BCUT2D eigenvalue weighted by atomic mass is 16.5. The smallest absolute Gasteiger partial charge is 0.250 e. The van der Waals surface area contributed by atoms with Crippen molar-refractivity contribution in [3.05, 3.63) is 11.1 Å². The van der Waals surface area contributed by atoms with Gasteiger partial charge in [0.25, 0.3) is 0 Å². The topological polar surface area (TPSA) is 61.8 Å². The molecule has 2 fully saturated rings. The SMILES string of the molecule is CC(C(=O)N1CCOCC1CO)=C1CNC1. The molecular formula is C11H18N2O3. The molecule has 2 saturated heterocycles. The molecule has 2 heterocycles. The Morgan fingerprint density at radius 2 is 2.38 bits per heavy atom.